The number of hydrogen-bond acceptors (Lipinski definition) is 2. The monoisotopic (exact) mass is 275 g/mol. The van der Waals surface area contributed by atoms with E-state index in [1.807, 2.05) is 30.3 Å². The van der Waals surface area contributed by atoms with Crippen molar-refractivity contribution in [2.24, 2.45) is 11.3 Å². The van der Waals surface area contributed by atoms with Gasteiger partial charge in [0.25, 0.3) is 0 Å². The average Bonchev–Trinajstić information content (AvgIpc) is 2.43. The van der Waals surface area contributed by atoms with Crippen molar-refractivity contribution in [1.29, 1.82) is 0 Å². The van der Waals surface area contributed by atoms with Crippen molar-refractivity contribution in [3.8, 4) is 0 Å². The largest absolute Gasteiger partial charge is 0.388 e. The zero-order chi connectivity index (χ0) is 14.8. The maximum absolute atomic E-state index is 10.7. The van der Waals surface area contributed by atoms with Crippen LogP contribution >= 0.6 is 0 Å². The third-order valence-electron chi connectivity index (χ3n) is 4.71. The van der Waals surface area contributed by atoms with Gasteiger partial charge in [-0.3, -0.25) is 4.90 Å². The van der Waals surface area contributed by atoms with E-state index in [0.717, 1.165) is 24.6 Å². The zero-order valence-electron chi connectivity index (χ0n) is 13.3. The summed E-state index contributed by atoms with van der Waals surface area (Å²) in [7, 11) is 0. The van der Waals surface area contributed by atoms with Gasteiger partial charge in [-0.2, -0.15) is 0 Å². The standard InChI is InChI=1S/C18H29NO/c1-14-10-11-15(2)19(12-14)13-18(3,4)17(20)16-8-6-5-7-9-16/h5-9,14-15,17,20H,10-13H2,1-4H3. The number of nitrogens with zero attached hydrogens (tertiary/aromatic N) is 1. The summed E-state index contributed by atoms with van der Waals surface area (Å²) in [4.78, 5) is 2.56. The fraction of sp³-hybridized carbons (Fsp3) is 0.667. The Bertz CT molecular complexity index is 415. The molecular formula is C18H29NO. The van der Waals surface area contributed by atoms with Crippen LogP contribution in [0.1, 0.15) is 52.2 Å². The maximum atomic E-state index is 10.7. The van der Waals surface area contributed by atoms with Gasteiger partial charge in [0.2, 0.25) is 0 Å². The fourth-order valence-corrected chi connectivity index (χ4v) is 3.30. The van der Waals surface area contributed by atoms with Gasteiger partial charge in [-0.1, -0.05) is 51.1 Å². The average molecular weight is 275 g/mol. The first kappa shape index (κ1) is 15.5. The zero-order valence-corrected chi connectivity index (χ0v) is 13.3. The molecule has 0 spiro atoms. The second kappa shape index (κ2) is 6.28. The molecule has 1 aromatic rings. The van der Waals surface area contributed by atoms with Crippen LogP contribution in [0.15, 0.2) is 30.3 Å². The van der Waals surface area contributed by atoms with E-state index in [1.54, 1.807) is 0 Å². The molecule has 3 unspecified atom stereocenters. The van der Waals surface area contributed by atoms with Gasteiger partial charge in [0.1, 0.15) is 0 Å². The lowest BCUT2D eigenvalue weighted by atomic mass is 9.80. The molecule has 1 N–H and O–H groups in total. The minimum atomic E-state index is -0.409. The molecule has 2 heteroatoms. The van der Waals surface area contributed by atoms with E-state index in [-0.39, 0.29) is 5.41 Å². The van der Waals surface area contributed by atoms with Crippen molar-refractivity contribution in [1.82, 2.24) is 4.90 Å². The molecular weight excluding hydrogens is 246 g/mol. The summed E-state index contributed by atoms with van der Waals surface area (Å²) in [6, 6.07) is 10.7. The quantitative estimate of drug-likeness (QED) is 0.901. The minimum Gasteiger partial charge on any atom is -0.388 e. The highest BCUT2D eigenvalue weighted by molar-refractivity contribution is 5.19. The van der Waals surface area contributed by atoms with Gasteiger partial charge in [-0.15, -0.1) is 0 Å². The van der Waals surface area contributed by atoms with Gasteiger partial charge in [0, 0.05) is 24.5 Å². The summed E-state index contributed by atoms with van der Waals surface area (Å²) >= 11 is 0. The predicted octanol–water partition coefficient (Wildman–Crippen LogP) is 3.87. The highest BCUT2D eigenvalue weighted by Crippen LogP contribution is 2.36. The molecule has 0 aromatic heterocycles. The van der Waals surface area contributed by atoms with Crippen LogP contribution in [0.3, 0.4) is 0 Å². The van der Waals surface area contributed by atoms with Crippen LogP contribution in [0.4, 0.5) is 0 Å². The first-order chi connectivity index (χ1) is 9.40. The minimum absolute atomic E-state index is 0.132. The fourth-order valence-electron chi connectivity index (χ4n) is 3.30. The Kier molecular flexibility index (Phi) is 4.87. The van der Waals surface area contributed by atoms with E-state index in [4.69, 9.17) is 0 Å². The van der Waals surface area contributed by atoms with E-state index in [9.17, 15) is 5.11 Å². The number of aliphatic hydroxyl groups excluding tert-OH is 1. The topological polar surface area (TPSA) is 23.5 Å². The summed E-state index contributed by atoms with van der Waals surface area (Å²) in [6.07, 6.45) is 2.20. The summed E-state index contributed by atoms with van der Waals surface area (Å²) in [5, 5.41) is 10.7. The molecule has 20 heavy (non-hydrogen) atoms. The van der Waals surface area contributed by atoms with Crippen LogP contribution in [-0.4, -0.2) is 29.1 Å². The van der Waals surface area contributed by atoms with Crippen molar-refractivity contribution >= 4 is 0 Å². The second-order valence-corrected chi connectivity index (χ2v) is 7.26. The molecule has 1 heterocycles. The van der Waals surface area contributed by atoms with Gasteiger partial charge in [-0.05, 0) is 31.2 Å². The molecule has 1 saturated heterocycles. The molecule has 1 fully saturated rings. The third-order valence-corrected chi connectivity index (χ3v) is 4.71. The molecule has 3 atom stereocenters. The molecule has 2 nitrogen and oxygen atoms in total. The number of benzene rings is 1. The lowest BCUT2D eigenvalue weighted by Gasteiger charge is -2.43. The van der Waals surface area contributed by atoms with Crippen LogP contribution in [0, 0.1) is 11.3 Å². The lowest BCUT2D eigenvalue weighted by molar-refractivity contribution is -0.00337. The summed E-state index contributed by atoms with van der Waals surface area (Å²) in [5.74, 6) is 0.774. The van der Waals surface area contributed by atoms with Crippen LogP contribution in [0.25, 0.3) is 0 Å². The molecule has 112 valence electrons. The summed E-state index contributed by atoms with van der Waals surface area (Å²) < 4.78 is 0. The Morgan fingerprint density at radius 3 is 2.50 bits per heavy atom. The number of hydrogen-bond donors (Lipinski definition) is 1. The first-order valence-corrected chi connectivity index (χ1v) is 7.87. The highest BCUT2D eigenvalue weighted by Gasteiger charge is 2.34. The smallest absolute Gasteiger partial charge is 0.0853 e. The van der Waals surface area contributed by atoms with Crippen LogP contribution in [0.2, 0.25) is 0 Å². The molecule has 0 saturated carbocycles. The van der Waals surface area contributed by atoms with Crippen LogP contribution < -0.4 is 0 Å². The lowest BCUT2D eigenvalue weighted by Crippen LogP contribution is -2.47. The molecule has 1 aliphatic heterocycles. The van der Waals surface area contributed by atoms with Crippen molar-refractivity contribution in [3.63, 3.8) is 0 Å². The molecule has 0 aliphatic carbocycles. The molecule has 0 bridgehead atoms. The van der Waals surface area contributed by atoms with E-state index < -0.39 is 6.10 Å². The molecule has 0 radical (unpaired) electrons. The second-order valence-electron chi connectivity index (χ2n) is 7.26. The Hall–Kier alpha value is -0.860. The highest BCUT2D eigenvalue weighted by atomic mass is 16.3. The third kappa shape index (κ3) is 3.62. The van der Waals surface area contributed by atoms with E-state index in [1.165, 1.54) is 12.8 Å². The van der Waals surface area contributed by atoms with Crippen molar-refractivity contribution in [2.75, 3.05) is 13.1 Å². The van der Waals surface area contributed by atoms with Crippen molar-refractivity contribution < 1.29 is 5.11 Å². The Morgan fingerprint density at radius 2 is 1.85 bits per heavy atom. The first-order valence-electron chi connectivity index (χ1n) is 7.87. The number of aliphatic hydroxyl groups is 1. The van der Waals surface area contributed by atoms with Crippen molar-refractivity contribution in [3.05, 3.63) is 35.9 Å². The molecule has 2 rings (SSSR count). The van der Waals surface area contributed by atoms with E-state index in [2.05, 4.69) is 32.6 Å². The van der Waals surface area contributed by atoms with Gasteiger partial charge in [0.05, 0.1) is 6.10 Å². The van der Waals surface area contributed by atoms with Crippen molar-refractivity contribution in [2.45, 2.75) is 52.7 Å². The van der Waals surface area contributed by atoms with Gasteiger partial charge in [0.15, 0.2) is 0 Å². The number of piperidine rings is 1. The van der Waals surface area contributed by atoms with E-state index in [0.29, 0.717) is 6.04 Å². The Balaban J connectivity index is 2.06. The Morgan fingerprint density at radius 1 is 1.20 bits per heavy atom. The summed E-state index contributed by atoms with van der Waals surface area (Å²) in [5.41, 5.74) is 0.891. The van der Waals surface area contributed by atoms with E-state index >= 15 is 0 Å². The van der Waals surface area contributed by atoms with Crippen LogP contribution in [-0.2, 0) is 0 Å². The molecule has 1 aromatic carbocycles. The number of likely N-dealkylation sites (tertiary alicyclic amines) is 1. The predicted molar refractivity (Wildman–Crippen MR) is 84.6 cm³/mol. The maximum Gasteiger partial charge on any atom is 0.0853 e. The molecule has 0 amide bonds. The molecule has 1 aliphatic rings. The number of rotatable bonds is 4. The Labute approximate surface area is 123 Å². The normalized spacial score (nSPS) is 26.4. The van der Waals surface area contributed by atoms with Gasteiger partial charge < -0.3 is 5.11 Å². The SMILES string of the molecule is CC1CCC(C)N(CC(C)(C)C(O)c2ccccc2)C1. The summed E-state index contributed by atoms with van der Waals surface area (Å²) in [6.45, 7) is 11.1. The van der Waals surface area contributed by atoms with Gasteiger partial charge in [-0.25, -0.2) is 0 Å². The van der Waals surface area contributed by atoms with Gasteiger partial charge >= 0.3 is 0 Å². The van der Waals surface area contributed by atoms with Crippen LogP contribution in [0.5, 0.6) is 0 Å².